The van der Waals surface area contributed by atoms with Gasteiger partial charge in [0.15, 0.2) is 0 Å². The van der Waals surface area contributed by atoms with E-state index in [1.54, 1.807) is 11.3 Å². The van der Waals surface area contributed by atoms with Gasteiger partial charge in [-0.25, -0.2) is 0 Å². The fourth-order valence-electron chi connectivity index (χ4n) is 1.76. The van der Waals surface area contributed by atoms with Gasteiger partial charge in [0.2, 0.25) is 0 Å². The molecule has 0 saturated heterocycles. The summed E-state index contributed by atoms with van der Waals surface area (Å²) in [5.41, 5.74) is 0. The van der Waals surface area contributed by atoms with Gasteiger partial charge in [0.05, 0.1) is 15.0 Å². The lowest BCUT2D eigenvalue weighted by molar-refractivity contribution is 0.514. The van der Waals surface area contributed by atoms with E-state index < -0.39 is 10.8 Å². The summed E-state index contributed by atoms with van der Waals surface area (Å²) in [5, 5.41) is 5.44. The maximum Gasteiger partial charge on any atom is 0.0911 e. The zero-order chi connectivity index (χ0) is 10.7. The second-order valence-electron chi connectivity index (χ2n) is 3.95. The first-order valence-electron chi connectivity index (χ1n) is 5.46. The fraction of sp³-hybridized carbons (Fsp3) is 0.636. The van der Waals surface area contributed by atoms with Crippen molar-refractivity contribution in [3.8, 4) is 0 Å². The third-order valence-electron chi connectivity index (χ3n) is 2.71. The van der Waals surface area contributed by atoms with Crippen molar-refractivity contribution in [1.29, 1.82) is 0 Å². The third kappa shape index (κ3) is 3.13. The SMILES string of the molecule is CCNC(CS(=O)c1cccs1)C1CC1. The maximum absolute atomic E-state index is 12.0. The van der Waals surface area contributed by atoms with Gasteiger partial charge in [-0.05, 0) is 36.8 Å². The van der Waals surface area contributed by atoms with Crippen molar-refractivity contribution in [1.82, 2.24) is 5.32 Å². The predicted molar refractivity (Wildman–Crippen MR) is 65.8 cm³/mol. The Morgan fingerprint density at radius 3 is 3.00 bits per heavy atom. The zero-order valence-electron chi connectivity index (χ0n) is 8.94. The molecule has 1 aliphatic carbocycles. The summed E-state index contributed by atoms with van der Waals surface area (Å²) in [5.74, 6) is 1.55. The number of thiophene rings is 1. The van der Waals surface area contributed by atoms with Gasteiger partial charge in [-0.2, -0.15) is 0 Å². The largest absolute Gasteiger partial charge is 0.313 e. The summed E-state index contributed by atoms with van der Waals surface area (Å²) in [4.78, 5) is 0. The van der Waals surface area contributed by atoms with Crippen molar-refractivity contribution in [2.24, 2.45) is 5.92 Å². The number of nitrogens with one attached hydrogen (secondary N) is 1. The van der Waals surface area contributed by atoms with Gasteiger partial charge in [-0.1, -0.05) is 13.0 Å². The lowest BCUT2D eigenvalue weighted by Crippen LogP contribution is -2.35. The van der Waals surface area contributed by atoms with Gasteiger partial charge < -0.3 is 5.32 Å². The van der Waals surface area contributed by atoms with Crippen LogP contribution in [0.5, 0.6) is 0 Å². The smallest absolute Gasteiger partial charge is 0.0911 e. The standard InChI is InChI=1S/C11H17NOS2/c1-2-12-10(9-5-6-9)8-15(13)11-4-3-7-14-11/h3-4,7,9-10,12H,2,5-6,8H2,1H3. The van der Waals surface area contributed by atoms with Crippen LogP contribution in [-0.4, -0.2) is 22.5 Å². The molecule has 1 aromatic rings. The monoisotopic (exact) mass is 243 g/mol. The molecule has 2 unspecified atom stereocenters. The molecular formula is C11H17NOS2. The van der Waals surface area contributed by atoms with Crippen molar-refractivity contribution in [2.45, 2.75) is 30.0 Å². The van der Waals surface area contributed by atoms with Crippen LogP contribution < -0.4 is 5.32 Å². The predicted octanol–water partition coefficient (Wildman–Crippen LogP) is 2.24. The summed E-state index contributed by atoms with van der Waals surface area (Å²) in [6, 6.07) is 4.39. The number of hydrogen-bond donors (Lipinski definition) is 1. The first-order chi connectivity index (χ1) is 7.31. The summed E-state index contributed by atoms with van der Waals surface area (Å²) >= 11 is 1.60. The molecule has 1 saturated carbocycles. The minimum Gasteiger partial charge on any atom is -0.313 e. The summed E-state index contributed by atoms with van der Waals surface area (Å²) in [6.07, 6.45) is 2.61. The molecule has 2 nitrogen and oxygen atoms in total. The molecule has 0 radical (unpaired) electrons. The van der Waals surface area contributed by atoms with Crippen LogP contribution in [0, 0.1) is 5.92 Å². The molecule has 1 aliphatic rings. The third-order valence-corrected chi connectivity index (χ3v) is 5.46. The maximum atomic E-state index is 12.0. The summed E-state index contributed by atoms with van der Waals surface area (Å²) < 4.78 is 13.0. The second kappa shape index (κ2) is 5.23. The van der Waals surface area contributed by atoms with Gasteiger partial charge in [-0.3, -0.25) is 4.21 Å². The first kappa shape index (κ1) is 11.3. The molecular weight excluding hydrogens is 226 g/mol. The molecule has 4 heteroatoms. The molecule has 15 heavy (non-hydrogen) atoms. The van der Waals surface area contributed by atoms with Crippen molar-refractivity contribution < 1.29 is 4.21 Å². The van der Waals surface area contributed by atoms with E-state index in [0.717, 1.165) is 22.4 Å². The molecule has 1 N–H and O–H groups in total. The molecule has 2 rings (SSSR count). The van der Waals surface area contributed by atoms with Crippen molar-refractivity contribution in [2.75, 3.05) is 12.3 Å². The average Bonchev–Trinajstić information content (AvgIpc) is 2.92. The average molecular weight is 243 g/mol. The first-order valence-corrected chi connectivity index (χ1v) is 7.66. The summed E-state index contributed by atoms with van der Waals surface area (Å²) in [7, 11) is -0.808. The Labute approximate surface area is 97.5 Å². The van der Waals surface area contributed by atoms with Crippen molar-refractivity contribution >= 4 is 22.1 Å². The van der Waals surface area contributed by atoms with E-state index in [-0.39, 0.29) is 0 Å². The zero-order valence-corrected chi connectivity index (χ0v) is 10.6. The molecule has 0 amide bonds. The lowest BCUT2D eigenvalue weighted by atomic mass is 10.2. The molecule has 1 heterocycles. The Balaban J connectivity index is 1.91. The van der Waals surface area contributed by atoms with E-state index >= 15 is 0 Å². The Bertz CT molecular complexity index is 319. The van der Waals surface area contributed by atoms with Gasteiger partial charge >= 0.3 is 0 Å². The molecule has 84 valence electrons. The van der Waals surface area contributed by atoms with Crippen LogP contribution >= 0.6 is 11.3 Å². The minimum atomic E-state index is -0.808. The van der Waals surface area contributed by atoms with Crippen LogP contribution in [0.15, 0.2) is 21.7 Å². The van der Waals surface area contributed by atoms with Crippen LogP contribution in [0.4, 0.5) is 0 Å². The topological polar surface area (TPSA) is 29.1 Å². The minimum absolute atomic E-state index is 0.456. The van der Waals surface area contributed by atoms with Crippen LogP contribution in [0.1, 0.15) is 19.8 Å². The molecule has 1 fully saturated rings. The molecule has 1 aromatic heterocycles. The second-order valence-corrected chi connectivity index (χ2v) is 6.62. The van der Waals surface area contributed by atoms with E-state index in [1.165, 1.54) is 12.8 Å². The Hall–Kier alpha value is -0.190. The van der Waals surface area contributed by atoms with Crippen molar-refractivity contribution in [3.63, 3.8) is 0 Å². The molecule has 0 bridgehead atoms. The molecule has 0 aromatic carbocycles. The molecule has 0 spiro atoms. The van der Waals surface area contributed by atoms with Gasteiger partial charge in [0.25, 0.3) is 0 Å². The highest BCUT2D eigenvalue weighted by atomic mass is 32.2. The van der Waals surface area contributed by atoms with Crippen LogP contribution in [0.3, 0.4) is 0 Å². The number of hydrogen-bond acceptors (Lipinski definition) is 3. The Morgan fingerprint density at radius 1 is 1.67 bits per heavy atom. The van der Waals surface area contributed by atoms with Crippen LogP contribution in [-0.2, 0) is 10.8 Å². The van der Waals surface area contributed by atoms with E-state index in [2.05, 4.69) is 12.2 Å². The Morgan fingerprint density at radius 2 is 2.47 bits per heavy atom. The normalized spacial score (nSPS) is 20.1. The van der Waals surface area contributed by atoms with Crippen LogP contribution in [0.25, 0.3) is 0 Å². The Kier molecular flexibility index (Phi) is 3.94. The lowest BCUT2D eigenvalue weighted by Gasteiger charge is -2.15. The van der Waals surface area contributed by atoms with Crippen molar-refractivity contribution in [3.05, 3.63) is 17.5 Å². The highest BCUT2D eigenvalue weighted by molar-refractivity contribution is 7.87. The van der Waals surface area contributed by atoms with E-state index in [1.807, 2.05) is 17.5 Å². The quantitative estimate of drug-likeness (QED) is 0.830. The van der Waals surface area contributed by atoms with Gasteiger partial charge in [-0.15, -0.1) is 11.3 Å². The summed E-state index contributed by atoms with van der Waals surface area (Å²) in [6.45, 7) is 3.09. The molecule has 2 atom stereocenters. The van der Waals surface area contributed by atoms with E-state index in [0.29, 0.717) is 6.04 Å². The van der Waals surface area contributed by atoms with E-state index in [4.69, 9.17) is 0 Å². The van der Waals surface area contributed by atoms with Crippen LogP contribution in [0.2, 0.25) is 0 Å². The highest BCUT2D eigenvalue weighted by Gasteiger charge is 2.31. The van der Waals surface area contributed by atoms with E-state index in [9.17, 15) is 4.21 Å². The van der Waals surface area contributed by atoms with Gasteiger partial charge in [0, 0.05) is 11.8 Å². The fourth-order valence-corrected chi connectivity index (χ4v) is 4.12. The molecule has 0 aliphatic heterocycles. The number of rotatable bonds is 6. The highest BCUT2D eigenvalue weighted by Crippen LogP contribution is 2.33. The van der Waals surface area contributed by atoms with Gasteiger partial charge in [0.1, 0.15) is 0 Å².